The number of hydrogen-bond donors (Lipinski definition) is 3. The fraction of sp³-hybridized carbons (Fsp3) is 0.583. The van der Waals surface area contributed by atoms with Crippen molar-refractivity contribution >= 4 is 17.9 Å². The maximum atomic E-state index is 11.9. The first-order valence-corrected chi connectivity index (χ1v) is 7.47. The van der Waals surface area contributed by atoms with Crippen LogP contribution in [-0.4, -0.2) is 38.7 Å². The largest absolute Gasteiger partial charge is 0.445 e. The van der Waals surface area contributed by atoms with Gasteiger partial charge in [-0.3, -0.25) is 14.3 Å². The number of ether oxygens (including phenoxy) is 1. The molecule has 2 rings (SSSR count). The van der Waals surface area contributed by atoms with E-state index < -0.39 is 23.4 Å². The lowest BCUT2D eigenvalue weighted by atomic mass is 10.2. The molecule has 1 aliphatic rings. The zero-order chi connectivity index (χ0) is 15.6. The van der Waals surface area contributed by atoms with E-state index in [1.54, 1.807) is 0 Å². The van der Waals surface area contributed by atoms with Crippen LogP contribution in [0.5, 0.6) is 0 Å². The molecule has 1 saturated heterocycles. The standard InChI is InChI=1S/C12H17N3O5S/c1-2-6-4-15(12(19)14-10(6)17)9-3-7(20-11(13)18)8(5-16)21-9/h4,7-9,16H,2-3,5H2,1H3,(H2,13,18)(H,14,17,19)/t7-,8+,9-/m0/s1. The SMILES string of the molecule is CCc1cn([C@@H]2C[C@H](OC(N)=O)[C@@H](CO)S2)c(=O)[nH]c1=O. The minimum atomic E-state index is -0.914. The molecule has 4 N–H and O–H groups in total. The molecule has 1 aliphatic heterocycles. The van der Waals surface area contributed by atoms with Crippen molar-refractivity contribution in [3.8, 4) is 0 Å². The Morgan fingerprint density at radius 1 is 1.62 bits per heavy atom. The number of aliphatic hydroxyl groups excluding tert-OH is 1. The second-order valence-electron chi connectivity index (χ2n) is 4.70. The van der Waals surface area contributed by atoms with Crippen LogP contribution >= 0.6 is 11.8 Å². The Morgan fingerprint density at radius 3 is 2.90 bits per heavy atom. The number of aryl methyl sites for hydroxylation is 1. The van der Waals surface area contributed by atoms with Crippen molar-refractivity contribution in [1.29, 1.82) is 0 Å². The molecule has 0 aliphatic carbocycles. The summed E-state index contributed by atoms with van der Waals surface area (Å²) in [5, 5.41) is 8.64. The number of aromatic nitrogens is 2. The molecule has 0 unspecified atom stereocenters. The molecule has 1 fully saturated rings. The van der Waals surface area contributed by atoms with E-state index in [4.69, 9.17) is 10.5 Å². The molecular weight excluding hydrogens is 298 g/mol. The summed E-state index contributed by atoms with van der Waals surface area (Å²) in [5.41, 5.74) is 4.58. The molecule has 21 heavy (non-hydrogen) atoms. The first kappa shape index (κ1) is 15.6. The number of nitrogens with zero attached hydrogens (tertiary/aromatic N) is 1. The summed E-state index contributed by atoms with van der Waals surface area (Å²) in [5.74, 6) is 0. The highest BCUT2D eigenvalue weighted by Crippen LogP contribution is 2.42. The van der Waals surface area contributed by atoms with Gasteiger partial charge in [0.1, 0.15) is 6.10 Å². The van der Waals surface area contributed by atoms with Gasteiger partial charge in [0, 0.05) is 18.2 Å². The molecule has 8 nitrogen and oxygen atoms in total. The van der Waals surface area contributed by atoms with Crippen molar-refractivity contribution in [2.75, 3.05) is 6.61 Å². The van der Waals surface area contributed by atoms with Crippen LogP contribution in [-0.2, 0) is 11.2 Å². The molecule has 1 aromatic heterocycles. The number of carbonyl (C=O) groups excluding carboxylic acids is 1. The van der Waals surface area contributed by atoms with Gasteiger partial charge in [0.25, 0.3) is 5.56 Å². The Labute approximate surface area is 124 Å². The van der Waals surface area contributed by atoms with Crippen LogP contribution in [0.4, 0.5) is 4.79 Å². The number of carbonyl (C=O) groups is 1. The molecule has 0 saturated carbocycles. The monoisotopic (exact) mass is 315 g/mol. The van der Waals surface area contributed by atoms with Crippen LogP contribution < -0.4 is 17.0 Å². The molecule has 0 spiro atoms. The number of aliphatic hydroxyl groups is 1. The lowest BCUT2D eigenvalue weighted by molar-refractivity contribution is 0.0904. The van der Waals surface area contributed by atoms with Gasteiger partial charge >= 0.3 is 11.8 Å². The fourth-order valence-electron chi connectivity index (χ4n) is 2.30. The van der Waals surface area contributed by atoms with Crippen molar-refractivity contribution < 1.29 is 14.6 Å². The summed E-state index contributed by atoms with van der Waals surface area (Å²) in [7, 11) is 0. The van der Waals surface area contributed by atoms with E-state index in [-0.39, 0.29) is 17.2 Å². The smallest absolute Gasteiger partial charge is 0.404 e. The fourth-order valence-corrected chi connectivity index (χ4v) is 3.72. The Bertz CT molecular complexity index is 641. The topological polar surface area (TPSA) is 127 Å². The summed E-state index contributed by atoms with van der Waals surface area (Å²) < 4.78 is 6.36. The molecule has 0 bridgehead atoms. The van der Waals surface area contributed by atoms with E-state index in [2.05, 4.69) is 4.98 Å². The Morgan fingerprint density at radius 2 is 2.33 bits per heavy atom. The average molecular weight is 315 g/mol. The third-order valence-electron chi connectivity index (χ3n) is 3.36. The Kier molecular flexibility index (Phi) is 4.73. The predicted molar refractivity (Wildman–Crippen MR) is 77.3 cm³/mol. The number of amides is 1. The van der Waals surface area contributed by atoms with E-state index in [9.17, 15) is 19.5 Å². The minimum absolute atomic E-state index is 0.197. The lowest BCUT2D eigenvalue weighted by Crippen LogP contribution is -2.33. The maximum absolute atomic E-state index is 11.9. The van der Waals surface area contributed by atoms with Crippen LogP contribution in [0.3, 0.4) is 0 Å². The molecule has 0 aromatic carbocycles. The third-order valence-corrected chi connectivity index (χ3v) is 4.90. The second-order valence-corrected chi connectivity index (χ2v) is 6.12. The Balaban J connectivity index is 2.29. The second kappa shape index (κ2) is 6.35. The van der Waals surface area contributed by atoms with E-state index in [0.717, 1.165) is 0 Å². The molecule has 116 valence electrons. The van der Waals surface area contributed by atoms with Gasteiger partial charge in [-0.1, -0.05) is 6.92 Å². The third kappa shape index (κ3) is 3.30. The number of hydrogen-bond acceptors (Lipinski definition) is 6. The van der Waals surface area contributed by atoms with Crippen LogP contribution in [0, 0.1) is 0 Å². The number of thioether (sulfide) groups is 1. The van der Waals surface area contributed by atoms with Crippen molar-refractivity contribution in [3.63, 3.8) is 0 Å². The van der Waals surface area contributed by atoms with Crippen molar-refractivity contribution in [3.05, 3.63) is 32.6 Å². The maximum Gasteiger partial charge on any atom is 0.404 e. The quantitative estimate of drug-likeness (QED) is 0.691. The Hall–Kier alpha value is -1.74. The van der Waals surface area contributed by atoms with E-state index in [0.29, 0.717) is 18.4 Å². The number of nitrogens with one attached hydrogen (secondary N) is 1. The van der Waals surface area contributed by atoms with Crippen molar-refractivity contribution in [2.45, 2.75) is 36.5 Å². The normalized spacial score (nSPS) is 25.0. The summed E-state index contributed by atoms with van der Waals surface area (Å²) in [6.45, 7) is 1.62. The molecule has 0 radical (unpaired) electrons. The molecule has 1 aromatic rings. The number of rotatable bonds is 4. The molecule has 9 heteroatoms. The van der Waals surface area contributed by atoms with E-state index in [1.807, 2.05) is 6.92 Å². The number of aromatic amines is 1. The molecular formula is C12H17N3O5S. The highest BCUT2D eigenvalue weighted by Gasteiger charge is 2.38. The van der Waals surface area contributed by atoms with Crippen molar-refractivity contribution in [2.24, 2.45) is 5.73 Å². The van der Waals surface area contributed by atoms with E-state index in [1.165, 1.54) is 22.5 Å². The van der Waals surface area contributed by atoms with Crippen LogP contribution in [0.25, 0.3) is 0 Å². The number of nitrogens with two attached hydrogens (primary N) is 1. The van der Waals surface area contributed by atoms with Gasteiger partial charge in [-0.2, -0.15) is 0 Å². The van der Waals surface area contributed by atoms with Crippen LogP contribution in [0.15, 0.2) is 15.8 Å². The molecule has 1 amide bonds. The van der Waals surface area contributed by atoms with Gasteiger partial charge in [-0.15, -0.1) is 11.8 Å². The van der Waals surface area contributed by atoms with Gasteiger partial charge in [-0.25, -0.2) is 9.59 Å². The zero-order valence-corrected chi connectivity index (χ0v) is 12.3. The average Bonchev–Trinajstić information content (AvgIpc) is 2.81. The number of H-pyrrole nitrogens is 1. The summed E-state index contributed by atoms with van der Waals surface area (Å²) in [6.07, 6.45) is 0.875. The first-order valence-electron chi connectivity index (χ1n) is 6.53. The van der Waals surface area contributed by atoms with Gasteiger partial charge < -0.3 is 15.6 Å². The van der Waals surface area contributed by atoms with Gasteiger partial charge in [-0.05, 0) is 6.42 Å². The highest BCUT2D eigenvalue weighted by molar-refractivity contribution is 8.00. The van der Waals surface area contributed by atoms with Gasteiger partial charge in [0.05, 0.1) is 17.2 Å². The van der Waals surface area contributed by atoms with Gasteiger partial charge in [0.2, 0.25) is 0 Å². The number of primary amides is 1. The van der Waals surface area contributed by atoms with E-state index >= 15 is 0 Å². The highest BCUT2D eigenvalue weighted by atomic mass is 32.2. The van der Waals surface area contributed by atoms with Crippen LogP contribution in [0.1, 0.15) is 24.3 Å². The molecule has 2 heterocycles. The summed E-state index contributed by atoms with van der Waals surface area (Å²) in [4.78, 5) is 36.6. The lowest BCUT2D eigenvalue weighted by Gasteiger charge is -2.14. The molecule has 3 atom stereocenters. The predicted octanol–water partition coefficient (Wildman–Crippen LogP) is -0.441. The van der Waals surface area contributed by atoms with Crippen LogP contribution in [0.2, 0.25) is 0 Å². The van der Waals surface area contributed by atoms with Crippen molar-refractivity contribution in [1.82, 2.24) is 9.55 Å². The zero-order valence-electron chi connectivity index (χ0n) is 11.4. The minimum Gasteiger partial charge on any atom is -0.445 e. The summed E-state index contributed by atoms with van der Waals surface area (Å²) >= 11 is 1.31. The summed E-state index contributed by atoms with van der Waals surface area (Å²) in [6, 6.07) is 0. The van der Waals surface area contributed by atoms with Gasteiger partial charge in [0.15, 0.2) is 0 Å². The first-order chi connectivity index (χ1) is 9.96.